The number of urea groups is 1. The molecule has 5 aromatic rings. The predicted octanol–water partition coefficient (Wildman–Crippen LogP) is 4.04. The first-order valence-corrected chi connectivity index (χ1v) is 22.8. The van der Waals surface area contributed by atoms with Gasteiger partial charge in [0.05, 0.1) is 24.9 Å². The summed E-state index contributed by atoms with van der Waals surface area (Å²) < 4.78 is 27.2. The fourth-order valence-corrected chi connectivity index (χ4v) is 9.75. The van der Waals surface area contributed by atoms with E-state index >= 15 is 0 Å². The van der Waals surface area contributed by atoms with Gasteiger partial charge in [0, 0.05) is 88.1 Å². The molecule has 3 aromatic carbocycles. The van der Waals surface area contributed by atoms with E-state index in [9.17, 15) is 32.7 Å². The van der Waals surface area contributed by atoms with Crippen molar-refractivity contribution in [1.82, 2.24) is 38.6 Å². The largest absolute Gasteiger partial charge is 0.508 e. The summed E-state index contributed by atoms with van der Waals surface area (Å²) in [4.78, 5) is 65.7. The lowest BCUT2D eigenvalue weighted by Crippen LogP contribution is -2.75. The van der Waals surface area contributed by atoms with Gasteiger partial charge in [-0.15, -0.1) is 6.58 Å². The Morgan fingerprint density at radius 3 is 2.37 bits per heavy atom. The molecule has 3 fully saturated rings. The van der Waals surface area contributed by atoms with Gasteiger partial charge >= 0.3 is 6.03 Å². The number of aromatic hydroxyl groups is 1. The van der Waals surface area contributed by atoms with Crippen LogP contribution < -0.4 is 5.32 Å². The Balaban J connectivity index is 1.06. The summed E-state index contributed by atoms with van der Waals surface area (Å²) in [7, 11) is -1.38. The van der Waals surface area contributed by atoms with Gasteiger partial charge < -0.3 is 24.4 Å². The van der Waals surface area contributed by atoms with E-state index in [4.69, 9.17) is 0 Å². The molecule has 3 aliphatic rings. The van der Waals surface area contributed by atoms with Gasteiger partial charge in [0.1, 0.15) is 23.8 Å². The molecule has 2 atom stereocenters. The van der Waals surface area contributed by atoms with Crippen LogP contribution in [0.2, 0.25) is 0 Å². The number of nitrogens with zero attached hydrogens (tertiary/aromatic N) is 8. The zero-order valence-corrected chi connectivity index (χ0v) is 36.2. The number of piperazine rings is 2. The molecule has 5 heterocycles. The van der Waals surface area contributed by atoms with Crippen LogP contribution in [0.4, 0.5) is 10.6 Å². The molecule has 63 heavy (non-hydrogen) atoms. The minimum Gasteiger partial charge on any atom is -0.508 e. The molecule has 5 amide bonds. The fraction of sp³-hybridized carbons (Fsp3) is 0.326. The zero-order valence-electron chi connectivity index (χ0n) is 35.3. The number of phenols is 1. The van der Waals surface area contributed by atoms with Crippen LogP contribution in [0.3, 0.4) is 0 Å². The van der Waals surface area contributed by atoms with Crippen molar-refractivity contribution in [2.45, 2.75) is 38.0 Å². The number of pyridine rings is 1. The van der Waals surface area contributed by atoms with E-state index in [0.29, 0.717) is 12.2 Å². The van der Waals surface area contributed by atoms with Gasteiger partial charge in [0.25, 0.3) is 0 Å². The molecule has 3 aliphatic heterocycles. The predicted molar refractivity (Wildman–Crippen MR) is 238 cm³/mol. The Kier molecular flexibility index (Phi) is 12.3. The molecular weight excluding hydrogens is 823 g/mol. The summed E-state index contributed by atoms with van der Waals surface area (Å²) in [6, 6.07) is 24.6. The van der Waals surface area contributed by atoms with Crippen LogP contribution in [0.5, 0.6) is 5.75 Å². The van der Waals surface area contributed by atoms with E-state index in [1.54, 1.807) is 67.3 Å². The van der Waals surface area contributed by atoms with Gasteiger partial charge in [-0.25, -0.2) is 28.2 Å². The number of hydrogen-bond donors (Lipinski definition) is 2. The number of para-hydroxylation sites is 1. The Labute approximate surface area is 366 Å². The van der Waals surface area contributed by atoms with Crippen molar-refractivity contribution in [3.63, 3.8) is 0 Å². The highest BCUT2D eigenvalue weighted by Crippen LogP contribution is 2.35. The van der Waals surface area contributed by atoms with Crippen LogP contribution in [-0.2, 0) is 50.8 Å². The number of benzene rings is 3. The Bertz CT molecular complexity index is 2630. The summed E-state index contributed by atoms with van der Waals surface area (Å²) in [6.07, 6.45) is 6.63. The van der Waals surface area contributed by atoms with Crippen LogP contribution in [0.25, 0.3) is 22.0 Å². The molecular formula is C46H51N9O7S. The quantitative estimate of drug-likeness (QED) is 0.176. The number of fused-ring (bicyclic) bond motifs is 2. The number of hydrazine groups is 1. The highest BCUT2D eigenvalue weighted by atomic mass is 32.2. The third-order valence-electron chi connectivity index (χ3n) is 12.0. The van der Waals surface area contributed by atoms with Crippen molar-refractivity contribution in [3.05, 3.63) is 127 Å². The van der Waals surface area contributed by atoms with E-state index < -0.39 is 22.2 Å². The number of rotatable bonds is 12. The van der Waals surface area contributed by atoms with Gasteiger partial charge in [-0.2, -0.15) is 4.31 Å². The average molecular weight is 874 g/mol. The molecule has 17 heteroatoms. The van der Waals surface area contributed by atoms with E-state index in [0.717, 1.165) is 45.0 Å². The molecule has 8 rings (SSSR count). The van der Waals surface area contributed by atoms with Crippen LogP contribution in [-0.4, -0.2) is 140 Å². The number of amides is 5. The van der Waals surface area contributed by atoms with Gasteiger partial charge in [-0.1, -0.05) is 66.7 Å². The van der Waals surface area contributed by atoms with Gasteiger partial charge in [-0.05, 0) is 47.4 Å². The van der Waals surface area contributed by atoms with Crippen molar-refractivity contribution in [1.29, 1.82) is 0 Å². The molecule has 2 unspecified atom stereocenters. The molecule has 0 radical (unpaired) electrons. The first-order valence-electron chi connectivity index (χ1n) is 20.9. The third kappa shape index (κ3) is 9.16. The van der Waals surface area contributed by atoms with Crippen LogP contribution >= 0.6 is 0 Å². The number of carbonyl (C=O) groups is 4. The monoisotopic (exact) mass is 873 g/mol. The summed E-state index contributed by atoms with van der Waals surface area (Å²) in [6.45, 7) is 5.37. The first kappa shape index (κ1) is 43.1. The molecule has 0 saturated carbocycles. The number of carbonyl (C=O) groups excluding carboxylic acids is 4. The Morgan fingerprint density at radius 2 is 1.68 bits per heavy atom. The number of nitrogens with one attached hydrogen (secondary N) is 1. The van der Waals surface area contributed by atoms with Gasteiger partial charge in [-0.3, -0.25) is 19.7 Å². The molecule has 0 bridgehead atoms. The molecule has 328 valence electrons. The van der Waals surface area contributed by atoms with Crippen molar-refractivity contribution < 1.29 is 32.7 Å². The van der Waals surface area contributed by atoms with Gasteiger partial charge in [0.2, 0.25) is 27.7 Å². The summed E-state index contributed by atoms with van der Waals surface area (Å²) >= 11 is 0. The topological polar surface area (TPSA) is 172 Å². The molecule has 0 aliphatic carbocycles. The summed E-state index contributed by atoms with van der Waals surface area (Å²) in [5.41, 5.74) is 5.24. The number of sulfonamides is 1. The smallest absolute Gasteiger partial charge is 0.323 e. The molecule has 2 aromatic heterocycles. The van der Waals surface area contributed by atoms with E-state index in [-0.39, 0.29) is 94.7 Å². The summed E-state index contributed by atoms with van der Waals surface area (Å²) in [5, 5.41) is 17.2. The highest BCUT2D eigenvalue weighted by molar-refractivity contribution is 7.88. The minimum atomic E-state index is -3.32. The molecule has 0 spiro atoms. The second kappa shape index (κ2) is 18.0. The maximum absolute atomic E-state index is 14.8. The zero-order chi connectivity index (χ0) is 44.4. The maximum atomic E-state index is 14.8. The Hall–Kier alpha value is -6.56. The van der Waals surface area contributed by atoms with E-state index in [1.165, 1.54) is 4.31 Å². The van der Waals surface area contributed by atoms with Crippen LogP contribution in [0.1, 0.15) is 23.1 Å². The SMILES string of the molecule is C=CCN1CC(=O)N2C(Cc3ccc(O)cc3)C(=O)N(Cc3cccc4c(-c5ccc(NC(=O)N6CCN(S(C)(=O)=O)CC6)nc5)cn(C)c34)CC2N1C(=O)CCc1ccccc1. The number of hydrogen-bond acceptors (Lipinski definition) is 9. The lowest BCUT2D eigenvalue weighted by molar-refractivity contribution is -0.205. The lowest BCUT2D eigenvalue weighted by Gasteiger charge is -2.55. The van der Waals surface area contributed by atoms with Crippen molar-refractivity contribution in [2.75, 3.05) is 57.4 Å². The highest BCUT2D eigenvalue weighted by Gasteiger charge is 2.51. The molecule has 3 saturated heterocycles. The average Bonchev–Trinajstić information content (AvgIpc) is 3.62. The van der Waals surface area contributed by atoms with Crippen LogP contribution in [0, 0.1) is 0 Å². The number of aryl methyl sites for hydroxylation is 2. The van der Waals surface area contributed by atoms with Crippen molar-refractivity contribution >= 4 is 50.5 Å². The van der Waals surface area contributed by atoms with Gasteiger partial charge in [0.15, 0.2) is 0 Å². The fourth-order valence-electron chi connectivity index (χ4n) is 8.92. The maximum Gasteiger partial charge on any atom is 0.323 e. The second-order valence-corrected chi connectivity index (χ2v) is 18.2. The molecule has 2 N–H and O–H groups in total. The lowest BCUT2D eigenvalue weighted by atomic mass is 9.97. The summed E-state index contributed by atoms with van der Waals surface area (Å²) in [5.74, 6) is -0.222. The first-order chi connectivity index (χ1) is 30.3. The number of phenolic OH excluding ortho intramolecular Hbond substituents is 1. The van der Waals surface area contributed by atoms with E-state index in [2.05, 4.69) is 16.9 Å². The number of aromatic nitrogens is 2. The van der Waals surface area contributed by atoms with Crippen molar-refractivity contribution in [3.8, 4) is 16.9 Å². The minimum absolute atomic E-state index is 0.0829. The second-order valence-electron chi connectivity index (χ2n) is 16.2. The van der Waals surface area contributed by atoms with Crippen molar-refractivity contribution in [2.24, 2.45) is 7.05 Å². The molecule has 16 nitrogen and oxygen atoms in total. The Morgan fingerprint density at radius 1 is 0.937 bits per heavy atom. The van der Waals surface area contributed by atoms with Crippen LogP contribution in [0.15, 0.2) is 110 Å². The standard InChI is InChI=1S/C46H51N9O7S/c1-4-21-52-31-43(58)54-39(26-33-13-17-36(56)18-14-33)45(59)51(30-41(54)55(52)42(57)20-15-32-9-6-5-7-10-32)28-35-11-8-12-37-38(29-49(2)44(35)37)34-16-19-40(47-27-34)48-46(60)50-22-24-53(25-23-50)63(3,61)62/h4-14,16-19,27,29,39,41,56H,1,15,20-26,28,30-31H2,2-3H3,(H,47,48,60). The third-order valence-corrected chi connectivity index (χ3v) is 13.3. The normalized spacial score (nSPS) is 18.8. The van der Waals surface area contributed by atoms with E-state index in [1.807, 2.05) is 72.4 Å². The number of anilines is 1.